The van der Waals surface area contributed by atoms with Gasteiger partial charge < -0.3 is 24.3 Å². The molecule has 6 nitrogen and oxygen atoms in total. The van der Waals surface area contributed by atoms with Crippen LogP contribution in [0, 0.1) is 0 Å². The minimum Gasteiger partial charge on any atom is -0.496 e. The van der Waals surface area contributed by atoms with Gasteiger partial charge in [-0.2, -0.15) is 0 Å². The lowest BCUT2D eigenvalue weighted by Gasteiger charge is -2.26. The summed E-state index contributed by atoms with van der Waals surface area (Å²) in [4.78, 5) is 2.41. The third kappa shape index (κ3) is 4.50. The first-order chi connectivity index (χ1) is 10.8. The van der Waals surface area contributed by atoms with Crippen LogP contribution in [-0.4, -0.2) is 65.6 Å². The quantitative estimate of drug-likeness (QED) is 0.727. The molecular formula is C16H26N2O4. The van der Waals surface area contributed by atoms with Crippen molar-refractivity contribution in [3.63, 3.8) is 0 Å². The number of hydrogen-bond donors (Lipinski definition) is 1. The Bertz CT molecular complexity index is 462. The summed E-state index contributed by atoms with van der Waals surface area (Å²) in [5.74, 6) is 2.20. The molecule has 6 heteroatoms. The second-order valence-electron chi connectivity index (χ2n) is 5.15. The second-order valence-corrected chi connectivity index (χ2v) is 5.15. The van der Waals surface area contributed by atoms with E-state index in [0.717, 1.165) is 57.3 Å². The van der Waals surface area contributed by atoms with E-state index in [1.807, 2.05) is 12.1 Å². The van der Waals surface area contributed by atoms with Crippen molar-refractivity contribution in [2.24, 2.45) is 0 Å². The molecular weight excluding hydrogens is 284 g/mol. The maximum Gasteiger partial charge on any atom is 0.164 e. The topological polar surface area (TPSA) is 52.2 Å². The fraction of sp³-hybridized carbons (Fsp3) is 0.625. The standard InChI is InChI=1S/C16H26N2O4/c1-19-14-11-16(21-3)15(20-2)10-13(14)12-17-4-5-18-6-8-22-9-7-18/h10-11,17H,4-9,12H2,1-3H3. The van der Waals surface area contributed by atoms with Crippen molar-refractivity contribution < 1.29 is 18.9 Å². The van der Waals surface area contributed by atoms with Crippen molar-refractivity contribution in [3.05, 3.63) is 17.7 Å². The predicted molar refractivity (Wildman–Crippen MR) is 85.1 cm³/mol. The SMILES string of the molecule is COc1cc(OC)c(OC)cc1CNCCN1CCOCC1. The number of ether oxygens (including phenoxy) is 4. The summed E-state index contributed by atoms with van der Waals surface area (Å²) in [5, 5.41) is 3.45. The van der Waals surface area contributed by atoms with E-state index < -0.39 is 0 Å². The lowest BCUT2D eigenvalue weighted by Crippen LogP contribution is -2.40. The van der Waals surface area contributed by atoms with Crippen LogP contribution in [0.1, 0.15) is 5.56 Å². The highest BCUT2D eigenvalue weighted by Crippen LogP contribution is 2.34. The van der Waals surface area contributed by atoms with E-state index in [2.05, 4.69) is 10.2 Å². The van der Waals surface area contributed by atoms with Gasteiger partial charge in [0, 0.05) is 44.4 Å². The van der Waals surface area contributed by atoms with Crippen molar-refractivity contribution in [2.75, 3.05) is 60.7 Å². The summed E-state index contributed by atoms with van der Waals surface area (Å²) in [6.07, 6.45) is 0. The van der Waals surface area contributed by atoms with Crippen LogP contribution in [0.3, 0.4) is 0 Å². The van der Waals surface area contributed by atoms with Gasteiger partial charge in [0.2, 0.25) is 0 Å². The summed E-state index contributed by atoms with van der Waals surface area (Å²) < 4.78 is 21.4. The molecule has 22 heavy (non-hydrogen) atoms. The third-order valence-electron chi connectivity index (χ3n) is 3.81. The molecule has 0 aromatic heterocycles. The van der Waals surface area contributed by atoms with Gasteiger partial charge in [-0.05, 0) is 6.07 Å². The largest absolute Gasteiger partial charge is 0.496 e. The molecule has 1 aromatic carbocycles. The molecule has 1 heterocycles. The fourth-order valence-electron chi connectivity index (χ4n) is 2.52. The first-order valence-electron chi connectivity index (χ1n) is 7.58. The molecule has 124 valence electrons. The highest BCUT2D eigenvalue weighted by atomic mass is 16.5. The van der Waals surface area contributed by atoms with Crippen molar-refractivity contribution in [2.45, 2.75) is 6.54 Å². The van der Waals surface area contributed by atoms with Gasteiger partial charge in [-0.25, -0.2) is 0 Å². The molecule has 1 saturated heterocycles. The van der Waals surface area contributed by atoms with Gasteiger partial charge in [0.15, 0.2) is 11.5 Å². The normalized spacial score (nSPS) is 15.6. The Morgan fingerprint density at radius 3 is 2.27 bits per heavy atom. The molecule has 0 bridgehead atoms. The van der Waals surface area contributed by atoms with Gasteiger partial charge in [-0.15, -0.1) is 0 Å². The number of hydrogen-bond acceptors (Lipinski definition) is 6. The molecule has 0 amide bonds. The summed E-state index contributed by atoms with van der Waals surface area (Å²) in [6.45, 7) is 6.39. The number of methoxy groups -OCH3 is 3. The van der Waals surface area contributed by atoms with Gasteiger partial charge in [-0.1, -0.05) is 0 Å². The number of rotatable bonds is 8. The van der Waals surface area contributed by atoms with Crippen molar-refractivity contribution in [3.8, 4) is 17.2 Å². The van der Waals surface area contributed by atoms with Gasteiger partial charge in [0.25, 0.3) is 0 Å². The monoisotopic (exact) mass is 310 g/mol. The Morgan fingerprint density at radius 1 is 1.00 bits per heavy atom. The van der Waals surface area contributed by atoms with E-state index in [-0.39, 0.29) is 0 Å². The first-order valence-corrected chi connectivity index (χ1v) is 7.58. The number of benzene rings is 1. The summed E-state index contributed by atoms with van der Waals surface area (Å²) in [7, 11) is 4.93. The zero-order chi connectivity index (χ0) is 15.8. The predicted octanol–water partition coefficient (Wildman–Crippen LogP) is 1.13. The molecule has 1 aliphatic rings. The van der Waals surface area contributed by atoms with E-state index in [1.165, 1.54) is 0 Å². The van der Waals surface area contributed by atoms with E-state index in [0.29, 0.717) is 11.5 Å². The Morgan fingerprint density at radius 2 is 1.64 bits per heavy atom. The molecule has 1 aromatic rings. The first kappa shape index (κ1) is 16.9. The molecule has 0 spiro atoms. The lowest BCUT2D eigenvalue weighted by atomic mass is 10.1. The molecule has 1 fully saturated rings. The van der Waals surface area contributed by atoms with Crippen LogP contribution in [0.15, 0.2) is 12.1 Å². The maximum absolute atomic E-state index is 5.43. The van der Waals surface area contributed by atoms with E-state index in [4.69, 9.17) is 18.9 Å². The van der Waals surface area contributed by atoms with Crippen LogP contribution in [0.4, 0.5) is 0 Å². The molecule has 1 aliphatic heterocycles. The van der Waals surface area contributed by atoms with E-state index >= 15 is 0 Å². The van der Waals surface area contributed by atoms with E-state index in [9.17, 15) is 0 Å². The minimum atomic E-state index is 0.677. The Hall–Kier alpha value is -1.50. The highest BCUT2D eigenvalue weighted by molar-refractivity contribution is 5.50. The second kappa shape index (κ2) is 8.82. The molecule has 1 N–H and O–H groups in total. The summed E-state index contributed by atoms with van der Waals surface area (Å²) in [6, 6.07) is 3.82. The third-order valence-corrected chi connectivity index (χ3v) is 3.81. The zero-order valence-corrected chi connectivity index (χ0v) is 13.7. The number of nitrogens with one attached hydrogen (secondary N) is 1. The van der Waals surface area contributed by atoms with Crippen molar-refractivity contribution in [1.29, 1.82) is 0 Å². The van der Waals surface area contributed by atoms with Crippen LogP contribution in [0.2, 0.25) is 0 Å². The summed E-state index contributed by atoms with van der Waals surface area (Å²) >= 11 is 0. The van der Waals surface area contributed by atoms with Crippen LogP contribution in [-0.2, 0) is 11.3 Å². The fourth-order valence-corrected chi connectivity index (χ4v) is 2.52. The van der Waals surface area contributed by atoms with Gasteiger partial charge in [0.05, 0.1) is 34.5 Å². The minimum absolute atomic E-state index is 0.677. The Labute approximate surface area is 132 Å². The smallest absolute Gasteiger partial charge is 0.164 e. The Balaban J connectivity index is 1.88. The zero-order valence-electron chi connectivity index (χ0n) is 13.7. The maximum atomic E-state index is 5.43. The molecule has 0 saturated carbocycles. The lowest BCUT2D eigenvalue weighted by molar-refractivity contribution is 0.0384. The number of morpholine rings is 1. The van der Waals surface area contributed by atoms with Crippen LogP contribution < -0.4 is 19.5 Å². The van der Waals surface area contributed by atoms with Crippen LogP contribution >= 0.6 is 0 Å². The highest BCUT2D eigenvalue weighted by Gasteiger charge is 2.12. The van der Waals surface area contributed by atoms with Crippen LogP contribution in [0.25, 0.3) is 0 Å². The van der Waals surface area contributed by atoms with Gasteiger partial charge in [0.1, 0.15) is 5.75 Å². The van der Waals surface area contributed by atoms with Gasteiger partial charge >= 0.3 is 0 Å². The van der Waals surface area contributed by atoms with Crippen molar-refractivity contribution in [1.82, 2.24) is 10.2 Å². The molecule has 0 unspecified atom stereocenters. The number of nitrogens with zero attached hydrogens (tertiary/aromatic N) is 1. The molecule has 2 rings (SSSR count). The molecule has 0 radical (unpaired) electrons. The van der Waals surface area contributed by atoms with Gasteiger partial charge in [-0.3, -0.25) is 4.90 Å². The Kier molecular flexibility index (Phi) is 6.76. The average Bonchev–Trinajstić information content (AvgIpc) is 2.58. The molecule has 0 atom stereocenters. The summed E-state index contributed by atoms with van der Waals surface area (Å²) in [5.41, 5.74) is 1.06. The average molecular weight is 310 g/mol. The van der Waals surface area contributed by atoms with Crippen molar-refractivity contribution >= 4 is 0 Å². The van der Waals surface area contributed by atoms with E-state index in [1.54, 1.807) is 21.3 Å². The molecule has 0 aliphatic carbocycles. The van der Waals surface area contributed by atoms with Crippen LogP contribution in [0.5, 0.6) is 17.2 Å².